The predicted molar refractivity (Wildman–Crippen MR) is 104 cm³/mol. The van der Waals surface area contributed by atoms with Crippen molar-refractivity contribution in [2.75, 3.05) is 31.1 Å². The number of carbonyl (C=O) groups excluding carboxylic acids is 1. The van der Waals surface area contributed by atoms with Crippen molar-refractivity contribution in [1.82, 2.24) is 10.6 Å². The Morgan fingerprint density at radius 2 is 1.88 bits per heavy atom. The van der Waals surface area contributed by atoms with E-state index < -0.39 is 4.92 Å². The average Bonchev–Trinajstić information content (AvgIpc) is 2.60. The van der Waals surface area contributed by atoms with Crippen molar-refractivity contribution in [3.05, 3.63) is 33.9 Å². The summed E-state index contributed by atoms with van der Waals surface area (Å²) in [7, 11) is 0. The lowest BCUT2D eigenvalue weighted by atomic mass is 10.1. The maximum atomic E-state index is 12.3. The largest absolute Gasteiger partial charge is 0.366 e. The van der Waals surface area contributed by atoms with Gasteiger partial charge in [-0.1, -0.05) is 0 Å². The third-order valence-electron chi connectivity index (χ3n) is 4.43. The van der Waals surface area contributed by atoms with Crippen molar-refractivity contribution in [3.8, 4) is 0 Å². The van der Waals surface area contributed by atoms with Crippen LogP contribution in [0.25, 0.3) is 0 Å². The van der Waals surface area contributed by atoms with E-state index in [-0.39, 0.29) is 17.1 Å². The fraction of sp³-hybridized carbons (Fsp3) is 0.632. The van der Waals surface area contributed by atoms with Crippen LogP contribution in [-0.4, -0.2) is 42.5 Å². The number of anilines is 1. The minimum Gasteiger partial charge on any atom is -0.366 e. The molecule has 1 aromatic rings. The zero-order valence-corrected chi connectivity index (χ0v) is 16.0. The number of carbonyl (C=O) groups is 1. The average molecular weight is 362 g/mol. The number of nitrogens with zero attached hydrogens (tertiary/aromatic N) is 2. The van der Waals surface area contributed by atoms with Crippen LogP contribution in [0.15, 0.2) is 18.2 Å². The van der Waals surface area contributed by atoms with Crippen LogP contribution >= 0.6 is 0 Å². The van der Waals surface area contributed by atoms with Gasteiger partial charge in [-0.3, -0.25) is 14.9 Å². The molecule has 0 atom stereocenters. The highest BCUT2D eigenvalue weighted by molar-refractivity contribution is 5.95. The van der Waals surface area contributed by atoms with E-state index in [0.29, 0.717) is 17.8 Å². The van der Waals surface area contributed by atoms with Crippen LogP contribution in [0.1, 0.15) is 56.8 Å². The van der Waals surface area contributed by atoms with E-state index in [1.807, 2.05) is 4.90 Å². The molecule has 0 spiro atoms. The highest BCUT2D eigenvalue weighted by atomic mass is 16.6. The van der Waals surface area contributed by atoms with Crippen molar-refractivity contribution in [2.45, 2.75) is 52.0 Å². The minimum atomic E-state index is -0.395. The summed E-state index contributed by atoms with van der Waals surface area (Å²) in [5, 5.41) is 17.7. The number of hydrogen-bond donors (Lipinski definition) is 2. The zero-order chi connectivity index (χ0) is 19.2. The summed E-state index contributed by atoms with van der Waals surface area (Å²) in [6.07, 6.45) is 4.05. The van der Waals surface area contributed by atoms with Gasteiger partial charge in [-0.2, -0.15) is 0 Å². The number of benzene rings is 1. The number of amides is 1. The Labute approximate surface area is 155 Å². The smallest absolute Gasteiger partial charge is 0.293 e. The Balaban J connectivity index is 1.97. The summed E-state index contributed by atoms with van der Waals surface area (Å²) >= 11 is 0. The van der Waals surface area contributed by atoms with Crippen molar-refractivity contribution >= 4 is 17.3 Å². The number of nitrogens with one attached hydrogen (secondary N) is 2. The van der Waals surface area contributed by atoms with Gasteiger partial charge >= 0.3 is 0 Å². The fourth-order valence-electron chi connectivity index (χ4n) is 3.07. The lowest BCUT2D eigenvalue weighted by Gasteiger charge is -2.28. The molecular formula is C19H30N4O3. The van der Waals surface area contributed by atoms with Gasteiger partial charge in [0.05, 0.1) is 4.92 Å². The molecule has 1 saturated heterocycles. The van der Waals surface area contributed by atoms with E-state index in [2.05, 4.69) is 31.4 Å². The lowest BCUT2D eigenvalue weighted by Crippen LogP contribution is -2.37. The highest BCUT2D eigenvalue weighted by Crippen LogP contribution is 2.31. The van der Waals surface area contributed by atoms with Gasteiger partial charge in [0.25, 0.3) is 11.6 Å². The molecular weight excluding hydrogens is 332 g/mol. The Bertz CT molecular complexity index is 634. The van der Waals surface area contributed by atoms with E-state index in [4.69, 9.17) is 0 Å². The molecule has 1 aromatic carbocycles. The second-order valence-electron chi connectivity index (χ2n) is 7.79. The molecule has 0 aliphatic carbocycles. The quantitative estimate of drug-likeness (QED) is 0.442. The minimum absolute atomic E-state index is 0.00829. The molecule has 0 unspecified atom stereocenters. The van der Waals surface area contributed by atoms with Crippen LogP contribution in [0.4, 0.5) is 11.4 Å². The number of hydrogen-bond acceptors (Lipinski definition) is 5. The molecule has 1 heterocycles. The van der Waals surface area contributed by atoms with E-state index in [9.17, 15) is 14.9 Å². The third kappa shape index (κ3) is 5.98. The maximum absolute atomic E-state index is 12.3. The number of piperidine rings is 1. The van der Waals surface area contributed by atoms with Gasteiger partial charge in [0.15, 0.2) is 0 Å². The van der Waals surface area contributed by atoms with Gasteiger partial charge in [-0.15, -0.1) is 0 Å². The molecule has 26 heavy (non-hydrogen) atoms. The molecule has 1 amide bonds. The van der Waals surface area contributed by atoms with Crippen LogP contribution in [0.5, 0.6) is 0 Å². The van der Waals surface area contributed by atoms with Crippen molar-refractivity contribution in [1.29, 1.82) is 0 Å². The third-order valence-corrected chi connectivity index (χ3v) is 4.43. The Morgan fingerprint density at radius 1 is 1.19 bits per heavy atom. The SMILES string of the molecule is CC(C)(C)NCCCNC(=O)c1ccc(N2CCCCC2)c([N+](=O)[O-])c1. The molecule has 1 fully saturated rings. The first kappa shape index (κ1) is 20.2. The van der Waals surface area contributed by atoms with Gasteiger partial charge in [-0.05, 0) is 65.1 Å². The lowest BCUT2D eigenvalue weighted by molar-refractivity contribution is -0.384. The summed E-state index contributed by atoms with van der Waals surface area (Å²) in [4.78, 5) is 25.4. The van der Waals surface area contributed by atoms with E-state index in [1.165, 1.54) is 6.07 Å². The summed E-state index contributed by atoms with van der Waals surface area (Å²) < 4.78 is 0. The van der Waals surface area contributed by atoms with Gasteiger partial charge < -0.3 is 15.5 Å². The number of nitro groups is 1. The van der Waals surface area contributed by atoms with Crippen LogP contribution in [-0.2, 0) is 0 Å². The van der Waals surface area contributed by atoms with Crippen LogP contribution in [0.2, 0.25) is 0 Å². The van der Waals surface area contributed by atoms with E-state index >= 15 is 0 Å². The van der Waals surface area contributed by atoms with Crippen molar-refractivity contribution in [3.63, 3.8) is 0 Å². The van der Waals surface area contributed by atoms with Gasteiger partial charge in [0, 0.05) is 36.8 Å². The Hall–Kier alpha value is -2.15. The normalized spacial score (nSPS) is 15.0. The van der Waals surface area contributed by atoms with Crippen LogP contribution in [0, 0.1) is 10.1 Å². The maximum Gasteiger partial charge on any atom is 0.293 e. The summed E-state index contributed by atoms with van der Waals surface area (Å²) in [6, 6.07) is 4.78. The van der Waals surface area contributed by atoms with Gasteiger partial charge in [0.1, 0.15) is 5.69 Å². The molecule has 2 N–H and O–H groups in total. The highest BCUT2D eigenvalue weighted by Gasteiger charge is 2.23. The Kier molecular flexibility index (Phi) is 6.97. The second-order valence-corrected chi connectivity index (χ2v) is 7.79. The van der Waals surface area contributed by atoms with Gasteiger partial charge in [0.2, 0.25) is 0 Å². The number of nitro benzene ring substituents is 1. The van der Waals surface area contributed by atoms with Crippen molar-refractivity contribution in [2.24, 2.45) is 0 Å². The standard InChI is InChI=1S/C19H30N4O3/c1-19(2,3)21-11-7-10-20-18(24)15-8-9-16(17(14-15)23(25)26)22-12-5-4-6-13-22/h8-9,14,21H,4-7,10-13H2,1-3H3,(H,20,24). The first-order valence-electron chi connectivity index (χ1n) is 9.34. The second kappa shape index (κ2) is 8.98. The molecule has 0 aromatic heterocycles. The molecule has 2 rings (SSSR count). The Morgan fingerprint density at radius 3 is 2.50 bits per heavy atom. The topological polar surface area (TPSA) is 87.5 Å². The number of rotatable bonds is 7. The fourth-order valence-corrected chi connectivity index (χ4v) is 3.07. The monoisotopic (exact) mass is 362 g/mol. The molecule has 1 aliphatic rings. The van der Waals surface area contributed by atoms with Gasteiger partial charge in [-0.25, -0.2) is 0 Å². The molecule has 0 bridgehead atoms. The van der Waals surface area contributed by atoms with Crippen LogP contribution < -0.4 is 15.5 Å². The summed E-state index contributed by atoms with van der Waals surface area (Å²) in [5.41, 5.74) is 1.00. The molecule has 144 valence electrons. The van der Waals surface area contributed by atoms with E-state index in [1.54, 1.807) is 12.1 Å². The summed E-state index contributed by atoms with van der Waals surface area (Å²) in [6.45, 7) is 9.26. The zero-order valence-electron chi connectivity index (χ0n) is 16.0. The molecule has 1 aliphatic heterocycles. The predicted octanol–water partition coefficient (Wildman–Crippen LogP) is 3.09. The van der Waals surface area contributed by atoms with Crippen LogP contribution in [0.3, 0.4) is 0 Å². The molecule has 7 heteroatoms. The molecule has 7 nitrogen and oxygen atoms in total. The van der Waals surface area contributed by atoms with E-state index in [0.717, 1.165) is 45.3 Å². The molecule has 0 radical (unpaired) electrons. The summed E-state index contributed by atoms with van der Waals surface area (Å²) in [5.74, 6) is -0.269. The first-order chi connectivity index (χ1) is 12.3. The molecule has 0 saturated carbocycles. The van der Waals surface area contributed by atoms with Crippen molar-refractivity contribution < 1.29 is 9.72 Å². The first-order valence-corrected chi connectivity index (χ1v) is 9.34.